The highest BCUT2D eigenvalue weighted by Gasteiger charge is 2.49. The number of sulfonamides is 1. The normalized spacial score (nSPS) is 29.6. The van der Waals surface area contributed by atoms with Crippen molar-refractivity contribution in [1.82, 2.24) is 4.31 Å². The first-order valence-corrected chi connectivity index (χ1v) is 9.32. The minimum atomic E-state index is -3.88. The monoisotopic (exact) mass is 369 g/mol. The van der Waals surface area contributed by atoms with E-state index in [-0.39, 0.29) is 35.0 Å². The summed E-state index contributed by atoms with van der Waals surface area (Å²) >= 11 is 5.81. The Balaban J connectivity index is 2.07. The van der Waals surface area contributed by atoms with Crippen LogP contribution in [0.3, 0.4) is 0 Å². The first-order valence-electron chi connectivity index (χ1n) is 7.50. The molecular weight excluding hydrogens is 354 g/mol. The summed E-state index contributed by atoms with van der Waals surface area (Å²) in [6.07, 6.45) is 1.90. The number of carbonyl (C=O) groups excluding carboxylic acids is 2. The van der Waals surface area contributed by atoms with E-state index in [4.69, 9.17) is 11.6 Å². The van der Waals surface area contributed by atoms with Crippen molar-refractivity contribution in [2.45, 2.75) is 36.2 Å². The molecule has 0 spiro atoms. The van der Waals surface area contributed by atoms with Crippen LogP contribution in [0.5, 0.6) is 0 Å². The van der Waals surface area contributed by atoms with E-state index in [2.05, 4.69) is 0 Å². The Morgan fingerprint density at radius 1 is 1.21 bits per heavy atom. The number of rotatable bonds is 3. The van der Waals surface area contributed by atoms with Crippen LogP contribution in [0.15, 0.2) is 41.0 Å². The van der Waals surface area contributed by atoms with Crippen molar-refractivity contribution in [3.05, 3.63) is 41.1 Å². The number of hydrogen-bond donors (Lipinski definition) is 1. The summed E-state index contributed by atoms with van der Waals surface area (Å²) in [4.78, 5) is 23.4. The van der Waals surface area contributed by atoms with Crippen molar-refractivity contribution in [1.29, 1.82) is 0 Å². The predicted octanol–water partition coefficient (Wildman–Crippen LogP) is 2.09. The highest BCUT2D eigenvalue weighted by atomic mass is 35.5. The van der Waals surface area contributed by atoms with Gasteiger partial charge in [0.1, 0.15) is 6.29 Å². The lowest BCUT2D eigenvalue weighted by atomic mass is 9.78. The number of halogens is 1. The van der Waals surface area contributed by atoms with Crippen molar-refractivity contribution >= 4 is 33.7 Å². The van der Waals surface area contributed by atoms with E-state index in [1.54, 1.807) is 0 Å². The first-order chi connectivity index (χ1) is 11.4. The van der Waals surface area contributed by atoms with Gasteiger partial charge in [0.15, 0.2) is 5.78 Å². The lowest BCUT2D eigenvalue weighted by Gasteiger charge is -2.46. The largest absolute Gasteiger partial charge is 0.515 e. The molecule has 0 radical (unpaired) electrons. The van der Waals surface area contributed by atoms with Crippen molar-refractivity contribution < 1.29 is 23.1 Å². The zero-order chi connectivity index (χ0) is 17.5. The Morgan fingerprint density at radius 3 is 2.46 bits per heavy atom. The van der Waals surface area contributed by atoms with E-state index in [1.165, 1.54) is 28.6 Å². The summed E-state index contributed by atoms with van der Waals surface area (Å²) < 4.78 is 27.4. The average molecular weight is 370 g/mol. The van der Waals surface area contributed by atoms with Gasteiger partial charge in [0, 0.05) is 29.0 Å². The molecule has 128 valence electrons. The number of benzene rings is 1. The number of ketones is 1. The second kappa shape index (κ2) is 6.31. The fraction of sp³-hybridized carbons (Fsp3) is 0.375. The number of nitrogens with zero attached hydrogens (tertiary/aromatic N) is 1. The van der Waals surface area contributed by atoms with E-state index in [1.807, 2.05) is 0 Å². The van der Waals surface area contributed by atoms with Gasteiger partial charge in [-0.25, -0.2) is 8.42 Å². The van der Waals surface area contributed by atoms with Crippen LogP contribution in [0, 0.1) is 5.92 Å². The summed E-state index contributed by atoms with van der Waals surface area (Å²) in [5.41, 5.74) is 0.0374. The predicted molar refractivity (Wildman–Crippen MR) is 87.2 cm³/mol. The topological polar surface area (TPSA) is 91.8 Å². The smallest absolute Gasteiger partial charge is 0.243 e. The number of piperidine rings is 2. The minimum absolute atomic E-state index is 0.0374. The molecule has 3 rings (SSSR count). The molecule has 24 heavy (non-hydrogen) atoms. The lowest BCUT2D eigenvalue weighted by molar-refractivity contribution is -0.122. The van der Waals surface area contributed by atoms with Gasteiger partial charge in [0.25, 0.3) is 0 Å². The van der Waals surface area contributed by atoms with E-state index < -0.39 is 22.1 Å². The van der Waals surface area contributed by atoms with E-state index in [0.29, 0.717) is 17.7 Å². The molecule has 2 heterocycles. The number of fused-ring (bicyclic) bond motifs is 2. The molecule has 2 fully saturated rings. The fourth-order valence-electron chi connectivity index (χ4n) is 3.51. The zero-order valence-electron chi connectivity index (χ0n) is 12.6. The molecule has 6 nitrogen and oxygen atoms in total. The number of carbonyl (C=O) groups is 2. The molecule has 1 aromatic carbocycles. The summed E-state index contributed by atoms with van der Waals surface area (Å²) in [7, 11) is -3.88. The standard InChI is InChI=1S/C16H16ClNO5S/c17-11-1-3-13(4-2-11)24(22,23)18-12-5-10(8-19)6-15(18)14(9-20)16(21)7-12/h1-4,8-10,12,15,20H,5-7H2/b14-9-. The van der Waals surface area contributed by atoms with Gasteiger partial charge in [-0.15, -0.1) is 0 Å². The lowest BCUT2D eigenvalue weighted by Crippen LogP contribution is -2.58. The van der Waals surface area contributed by atoms with Crippen LogP contribution in [0.2, 0.25) is 5.02 Å². The molecule has 2 aliphatic rings. The maximum atomic E-state index is 13.0. The molecule has 2 saturated heterocycles. The van der Waals surface area contributed by atoms with Crippen molar-refractivity contribution in [2.24, 2.45) is 5.92 Å². The van der Waals surface area contributed by atoms with Crippen molar-refractivity contribution in [3.8, 4) is 0 Å². The molecule has 2 bridgehead atoms. The molecule has 2 aliphatic heterocycles. The zero-order valence-corrected chi connectivity index (χ0v) is 14.2. The summed E-state index contributed by atoms with van der Waals surface area (Å²) in [5, 5.41) is 9.83. The fourth-order valence-corrected chi connectivity index (χ4v) is 5.45. The van der Waals surface area contributed by atoms with E-state index >= 15 is 0 Å². The second-order valence-electron chi connectivity index (χ2n) is 6.04. The molecule has 0 amide bonds. The van der Waals surface area contributed by atoms with Gasteiger partial charge in [-0.1, -0.05) is 11.6 Å². The van der Waals surface area contributed by atoms with Crippen molar-refractivity contribution in [3.63, 3.8) is 0 Å². The van der Waals surface area contributed by atoms with E-state index in [9.17, 15) is 23.1 Å². The Labute approximate surface area is 144 Å². The highest BCUT2D eigenvalue weighted by molar-refractivity contribution is 7.89. The van der Waals surface area contributed by atoms with Crippen molar-refractivity contribution in [2.75, 3.05) is 0 Å². The van der Waals surface area contributed by atoms with Crippen LogP contribution in [0.25, 0.3) is 0 Å². The van der Waals surface area contributed by atoms with Crippen LogP contribution in [0.1, 0.15) is 19.3 Å². The summed E-state index contributed by atoms with van der Waals surface area (Å²) in [6.45, 7) is 0. The second-order valence-corrected chi connectivity index (χ2v) is 8.32. The van der Waals surface area contributed by atoms with Gasteiger partial charge in [-0.2, -0.15) is 4.31 Å². The van der Waals surface area contributed by atoms with Gasteiger partial charge in [0.05, 0.1) is 17.2 Å². The number of aldehydes is 1. The average Bonchev–Trinajstić information content (AvgIpc) is 2.54. The van der Waals surface area contributed by atoms with Crippen LogP contribution >= 0.6 is 11.6 Å². The maximum absolute atomic E-state index is 13.0. The Bertz CT molecular complexity index is 802. The van der Waals surface area contributed by atoms with Gasteiger partial charge in [0.2, 0.25) is 10.0 Å². The third kappa shape index (κ3) is 2.76. The molecular formula is C16H16ClNO5S. The molecule has 0 saturated carbocycles. The molecule has 0 aliphatic carbocycles. The summed E-state index contributed by atoms with van der Waals surface area (Å²) in [6, 6.07) is 4.36. The molecule has 0 aromatic heterocycles. The third-order valence-electron chi connectivity index (χ3n) is 4.59. The van der Waals surface area contributed by atoms with Gasteiger partial charge in [-0.3, -0.25) is 4.79 Å². The quantitative estimate of drug-likeness (QED) is 0.500. The Hall–Kier alpha value is -1.70. The number of hydrogen-bond acceptors (Lipinski definition) is 5. The number of Topliss-reactive ketones (excluding diaryl/α,β-unsaturated/α-hetero) is 1. The SMILES string of the molecule is O=CC1CC2CC(=O)/C(=C\O)C(C1)N2S(=O)(=O)c1ccc(Cl)cc1. The Kier molecular flexibility index (Phi) is 4.50. The Morgan fingerprint density at radius 2 is 1.88 bits per heavy atom. The van der Waals surface area contributed by atoms with Crippen LogP contribution < -0.4 is 0 Å². The number of aliphatic hydroxyl groups is 1. The molecule has 3 unspecified atom stereocenters. The van der Waals surface area contributed by atoms with Crippen LogP contribution in [-0.2, 0) is 19.6 Å². The highest BCUT2D eigenvalue weighted by Crippen LogP contribution is 2.41. The first kappa shape index (κ1) is 17.1. The molecule has 1 N–H and O–H groups in total. The minimum Gasteiger partial charge on any atom is -0.515 e. The van der Waals surface area contributed by atoms with E-state index in [0.717, 1.165) is 6.29 Å². The maximum Gasteiger partial charge on any atom is 0.243 e. The molecule has 1 aromatic rings. The van der Waals surface area contributed by atoms with Crippen LogP contribution in [0.4, 0.5) is 0 Å². The molecule has 8 heteroatoms. The number of aliphatic hydroxyl groups excluding tert-OH is 1. The van der Waals surface area contributed by atoms with Gasteiger partial charge in [-0.05, 0) is 37.1 Å². The molecule has 3 atom stereocenters. The third-order valence-corrected chi connectivity index (χ3v) is 6.82. The summed E-state index contributed by atoms with van der Waals surface area (Å²) in [5.74, 6) is -0.612. The van der Waals surface area contributed by atoms with Crippen LogP contribution in [-0.4, -0.2) is 42.0 Å². The van der Waals surface area contributed by atoms with Gasteiger partial charge < -0.3 is 9.90 Å². The van der Waals surface area contributed by atoms with Gasteiger partial charge >= 0.3 is 0 Å².